The Kier molecular flexibility index (Phi) is 2.10. The smallest absolute Gasteiger partial charge is 0.340 e. The number of aliphatic hydroxyl groups is 4. The molecule has 1 fully saturated rings. The maximum atomic E-state index is 10.5. The molecular formula is C5H8O6. The van der Waals surface area contributed by atoms with E-state index in [1.165, 1.54) is 0 Å². The fraction of sp³-hybridized carbons (Fsp3) is 0.800. The molecule has 1 aliphatic rings. The lowest BCUT2D eigenvalue weighted by Crippen LogP contribution is -2.55. The number of carbonyl (C=O) groups excluding carboxylic acids is 1. The molecule has 0 aromatic heterocycles. The first-order valence-electron chi connectivity index (χ1n) is 2.97. The lowest BCUT2D eigenvalue weighted by atomic mass is 10.1. The van der Waals surface area contributed by atoms with Crippen LogP contribution < -0.4 is 0 Å². The summed E-state index contributed by atoms with van der Waals surface area (Å²) in [6.07, 6.45) is -6.89. The highest BCUT2D eigenvalue weighted by Gasteiger charge is 2.42. The fourth-order valence-electron chi connectivity index (χ4n) is 0.753. The number of hydrogen-bond donors (Lipinski definition) is 4. The van der Waals surface area contributed by atoms with Crippen LogP contribution in [0.5, 0.6) is 0 Å². The maximum absolute atomic E-state index is 10.5. The minimum Gasteiger partial charge on any atom is -0.431 e. The fourth-order valence-corrected chi connectivity index (χ4v) is 0.753. The molecule has 0 amide bonds. The van der Waals surface area contributed by atoms with E-state index in [-0.39, 0.29) is 0 Å². The third kappa shape index (κ3) is 1.33. The van der Waals surface area contributed by atoms with E-state index < -0.39 is 30.6 Å². The average Bonchev–Trinajstić information content (AvgIpc) is 1.97. The maximum Gasteiger partial charge on any atom is 0.340 e. The molecule has 1 heterocycles. The summed E-state index contributed by atoms with van der Waals surface area (Å²) in [6, 6.07) is 0. The highest BCUT2D eigenvalue weighted by atomic mass is 16.7. The zero-order chi connectivity index (χ0) is 8.59. The van der Waals surface area contributed by atoms with E-state index in [1.54, 1.807) is 0 Å². The van der Waals surface area contributed by atoms with Gasteiger partial charge < -0.3 is 25.2 Å². The Labute approximate surface area is 61.6 Å². The molecule has 0 bridgehead atoms. The van der Waals surface area contributed by atoms with Crippen LogP contribution in [0.4, 0.5) is 0 Å². The van der Waals surface area contributed by atoms with Gasteiger partial charge in [-0.25, -0.2) is 4.79 Å². The van der Waals surface area contributed by atoms with Crippen LogP contribution in [0, 0.1) is 0 Å². The second-order valence-electron chi connectivity index (χ2n) is 2.25. The van der Waals surface area contributed by atoms with Crippen LogP contribution in [0.2, 0.25) is 0 Å². The van der Waals surface area contributed by atoms with E-state index >= 15 is 0 Å². The zero-order valence-corrected chi connectivity index (χ0v) is 5.41. The van der Waals surface area contributed by atoms with Crippen LogP contribution >= 0.6 is 0 Å². The molecule has 1 unspecified atom stereocenters. The van der Waals surface area contributed by atoms with Crippen molar-refractivity contribution in [2.24, 2.45) is 0 Å². The second-order valence-corrected chi connectivity index (χ2v) is 2.25. The van der Waals surface area contributed by atoms with Gasteiger partial charge in [0.05, 0.1) is 0 Å². The van der Waals surface area contributed by atoms with Crippen molar-refractivity contribution >= 4 is 5.97 Å². The van der Waals surface area contributed by atoms with Gasteiger partial charge in [0.1, 0.15) is 12.2 Å². The molecule has 64 valence electrons. The molecule has 1 aliphatic heterocycles. The molecular weight excluding hydrogens is 156 g/mol. The third-order valence-electron chi connectivity index (χ3n) is 1.44. The summed E-state index contributed by atoms with van der Waals surface area (Å²) in [5, 5.41) is 35.0. The Morgan fingerprint density at radius 2 is 1.64 bits per heavy atom. The van der Waals surface area contributed by atoms with Crippen LogP contribution in [-0.2, 0) is 9.53 Å². The van der Waals surface area contributed by atoms with Gasteiger partial charge >= 0.3 is 5.97 Å². The molecule has 0 radical (unpaired) electrons. The Balaban J connectivity index is 2.70. The number of esters is 1. The Morgan fingerprint density at radius 3 is 2.18 bits per heavy atom. The molecule has 0 aliphatic carbocycles. The summed E-state index contributed by atoms with van der Waals surface area (Å²) in [5.41, 5.74) is 0. The first-order valence-corrected chi connectivity index (χ1v) is 2.97. The van der Waals surface area contributed by atoms with Gasteiger partial charge in [0, 0.05) is 0 Å². The van der Waals surface area contributed by atoms with Gasteiger partial charge in [-0.2, -0.15) is 0 Å². The highest BCUT2D eigenvalue weighted by Crippen LogP contribution is 2.14. The monoisotopic (exact) mass is 164 g/mol. The van der Waals surface area contributed by atoms with Gasteiger partial charge in [-0.3, -0.25) is 0 Å². The number of rotatable bonds is 0. The largest absolute Gasteiger partial charge is 0.431 e. The molecule has 11 heavy (non-hydrogen) atoms. The minimum atomic E-state index is -1.78. The Morgan fingerprint density at radius 1 is 1.09 bits per heavy atom. The van der Waals surface area contributed by atoms with Crippen LogP contribution in [0.15, 0.2) is 0 Å². The average molecular weight is 164 g/mol. The highest BCUT2D eigenvalue weighted by molar-refractivity contribution is 5.76. The normalized spacial score (nSPS) is 45.3. The van der Waals surface area contributed by atoms with Crippen molar-refractivity contribution in [3.63, 3.8) is 0 Å². The molecule has 0 aromatic rings. The van der Waals surface area contributed by atoms with Crippen molar-refractivity contribution in [2.45, 2.75) is 24.6 Å². The summed E-state index contributed by atoms with van der Waals surface area (Å²) >= 11 is 0. The summed E-state index contributed by atoms with van der Waals surface area (Å²) in [7, 11) is 0. The number of ether oxygens (including phenoxy) is 1. The minimum absolute atomic E-state index is 1.14. The van der Waals surface area contributed by atoms with Crippen molar-refractivity contribution in [1.82, 2.24) is 0 Å². The summed E-state index contributed by atoms with van der Waals surface area (Å²) in [4.78, 5) is 10.5. The van der Waals surface area contributed by atoms with Crippen LogP contribution in [-0.4, -0.2) is 51.0 Å². The molecule has 1 rings (SSSR count). The van der Waals surface area contributed by atoms with Gasteiger partial charge in [0.15, 0.2) is 6.10 Å². The number of aliphatic hydroxyl groups excluding tert-OH is 4. The van der Waals surface area contributed by atoms with E-state index in [1.807, 2.05) is 0 Å². The summed E-state index contributed by atoms with van der Waals surface area (Å²) in [5.74, 6) is -1.14. The Bertz CT molecular complexity index is 168. The number of hydrogen-bond acceptors (Lipinski definition) is 6. The van der Waals surface area contributed by atoms with Crippen LogP contribution in [0.25, 0.3) is 0 Å². The van der Waals surface area contributed by atoms with E-state index in [2.05, 4.69) is 4.74 Å². The summed E-state index contributed by atoms with van der Waals surface area (Å²) < 4.78 is 4.04. The van der Waals surface area contributed by atoms with E-state index in [0.29, 0.717) is 0 Å². The second kappa shape index (κ2) is 2.74. The van der Waals surface area contributed by atoms with Crippen molar-refractivity contribution in [3.8, 4) is 0 Å². The van der Waals surface area contributed by atoms with Crippen molar-refractivity contribution in [1.29, 1.82) is 0 Å². The van der Waals surface area contributed by atoms with Gasteiger partial charge in [0.2, 0.25) is 6.29 Å². The lowest BCUT2D eigenvalue weighted by molar-refractivity contribution is -0.241. The predicted octanol–water partition coefficient (Wildman–Crippen LogP) is -3.06. The van der Waals surface area contributed by atoms with Crippen molar-refractivity contribution in [3.05, 3.63) is 0 Å². The molecule has 0 spiro atoms. The topological polar surface area (TPSA) is 107 Å². The van der Waals surface area contributed by atoms with E-state index in [0.717, 1.165) is 0 Å². The predicted molar refractivity (Wildman–Crippen MR) is 30.1 cm³/mol. The van der Waals surface area contributed by atoms with Crippen molar-refractivity contribution in [2.75, 3.05) is 0 Å². The van der Waals surface area contributed by atoms with Crippen molar-refractivity contribution < 1.29 is 30.0 Å². The van der Waals surface area contributed by atoms with Gasteiger partial charge in [-0.05, 0) is 0 Å². The van der Waals surface area contributed by atoms with E-state index in [4.69, 9.17) is 20.4 Å². The molecule has 4 atom stereocenters. The number of cyclic esters (lactones) is 1. The molecule has 6 heteroatoms. The zero-order valence-electron chi connectivity index (χ0n) is 5.41. The molecule has 6 nitrogen and oxygen atoms in total. The number of carbonyl (C=O) groups is 1. The van der Waals surface area contributed by atoms with Crippen LogP contribution in [0.3, 0.4) is 0 Å². The van der Waals surface area contributed by atoms with Gasteiger partial charge in [-0.1, -0.05) is 0 Å². The molecule has 0 aromatic carbocycles. The first kappa shape index (κ1) is 8.41. The Hall–Kier alpha value is -0.690. The van der Waals surface area contributed by atoms with Crippen LogP contribution in [0.1, 0.15) is 0 Å². The molecule has 1 saturated heterocycles. The summed E-state index contributed by atoms with van der Waals surface area (Å²) in [6.45, 7) is 0. The third-order valence-corrected chi connectivity index (χ3v) is 1.44. The first-order chi connectivity index (χ1) is 5.04. The van der Waals surface area contributed by atoms with Gasteiger partial charge in [0.25, 0.3) is 0 Å². The van der Waals surface area contributed by atoms with Gasteiger partial charge in [-0.15, -0.1) is 0 Å². The standard InChI is InChI=1S/C5H8O6/c6-1-2(7)4(9)11-5(10)3(1)8/h1-4,6-9H/t1-,2-,3+,4?/m1/s1. The molecule has 4 N–H and O–H groups in total. The lowest BCUT2D eigenvalue weighted by Gasteiger charge is -2.30. The quantitative estimate of drug-likeness (QED) is 0.283. The van der Waals surface area contributed by atoms with E-state index in [9.17, 15) is 4.79 Å². The SMILES string of the molecule is O=C1OC(O)[C@H](O)[C@@H](O)[C@@H]1O. The molecule has 0 saturated carbocycles.